The first-order valence-corrected chi connectivity index (χ1v) is 6.70. The van der Waals surface area contributed by atoms with Gasteiger partial charge in [0.25, 0.3) is 0 Å². The number of rotatable bonds is 7. The van der Waals surface area contributed by atoms with Crippen molar-refractivity contribution in [3.05, 3.63) is 35.4 Å². The molecule has 1 unspecified atom stereocenters. The highest BCUT2D eigenvalue weighted by atomic mass is 16.1. The highest BCUT2D eigenvalue weighted by Gasteiger charge is 2.10. The molecule has 0 spiro atoms. The van der Waals surface area contributed by atoms with Gasteiger partial charge in [0.2, 0.25) is 5.91 Å². The fraction of sp³-hybridized carbons (Fsp3) is 0.533. The number of nitrogens with one attached hydrogen (secondary N) is 1. The van der Waals surface area contributed by atoms with Gasteiger partial charge in [-0.15, -0.1) is 0 Å². The largest absolute Gasteiger partial charge is 0.352 e. The summed E-state index contributed by atoms with van der Waals surface area (Å²) >= 11 is 0. The molecule has 18 heavy (non-hydrogen) atoms. The molecule has 1 atom stereocenters. The van der Waals surface area contributed by atoms with E-state index in [0.29, 0.717) is 13.0 Å². The van der Waals surface area contributed by atoms with Crippen LogP contribution >= 0.6 is 0 Å². The van der Waals surface area contributed by atoms with Crippen molar-refractivity contribution in [1.29, 1.82) is 0 Å². The zero-order chi connectivity index (χ0) is 13.4. The number of hydrogen-bond acceptors (Lipinski definition) is 2. The van der Waals surface area contributed by atoms with Gasteiger partial charge in [-0.2, -0.15) is 0 Å². The van der Waals surface area contributed by atoms with E-state index in [1.54, 1.807) is 0 Å². The van der Waals surface area contributed by atoms with Crippen molar-refractivity contribution in [1.82, 2.24) is 5.32 Å². The van der Waals surface area contributed by atoms with Crippen molar-refractivity contribution in [2.75, 3.05) is 6.54 Å². The summed E-state index contributed by atoms with van der Waals surface area (Å²) in [5.41, 5.74) is 7.90. The molecular weight excluding hydrogens is 224 g/mol. The lowest BCUT2D eigenvalue weighted by Crippen LogP contribution is -2.40. The molecule has 1 aromatic rings. The molecule has 0 aliphatic carbocycles. The van der Waals surface area contributed by atoms with E-state index in [1.165, 1.54) is 5.56 Å². The summed E-state index contributed by atoms with van der Waals surface area (Å²) in [6.07, 6.45) is 3.63. The molecule has 0 bridgehead atoms. The molecule has 0 saturated carbocycles. The van der Waals surface area contributed by atoms with E-state index in [1.807, 2.05) is 31.2 Å². The van der Waals surface area contributed by atoms with Crippen molar-refractivity contribution >= 4 is 5.91 Å². The van der Waals surface area contributed by atoms with Gasteiger partial charge in [-0.3, -0.25) is 4.79 Å². The van der Waals surface area contributed by atoms with Gasteiger partial charge in [-0.05, 0) is 18.9 Å². The van der Waals surface area contributed by atoms with Crippen LogP contribution in [0.2, 0.25) is 0 Å². The van der Waals surface area contributed by atoms with Crippen molar-refractivity contribution < 1.29 is 4.79 Å². The van der Waals surface area contributed by atoms with Crippen LogP contribution in [0.5, 0.6) is 0 Å². The maximum atomic E-state index is 11.9. The van der Waals surface area contributed by atoms with Crippen LogP contribution in [0.1, 0.15) is 37.3 Å². The molecule has 0 radical (unpaired) electrons. The lowest BCUT2D eigenvalue weighted by molar-refractivity contribution is -0.121. The molecule has 1 aromatic carbocycles. The first kappa shape index (κ1) is 14.7. The van der Waals surface area contributed by atoms with Crippen molar-refractivity contribution in [3.8, 4) is 0 Å². The maximum Gasteiger partial charge on any atom is 0.224 e. The minimum absolute atomic E-state index is 0.0622. The third-order valence-corrected chi connectivity index (χ3v) is 3.00. The molecule has 0 fully saturated rings. The Labute approximate surface area is 110 Å². The van der Waals surface area contributed by atoms with Gasteiger partial charge in [0.15, 0.2) is 0 Å². The number of unbranched alkanes of at least 4 members (excludes halogenated alkanes) is 1. The smallest absolute Gasteiger partial charge is 0.224 e. The molecule has 0 saturated heterocycles. The minimum Gasteiger partial charge on any atom is -0.352 e. The summed E-state index contributed by atoms with van der Waals surface area (Å²) < 4.78 is 0. The highest BCUT2D eigenvalue weighted by Crippen LogP contribution is 2.05. The molecule has 0 aliphatic heterocycles. The second-order valence-corrected chi connectivity index (χ2v) is 4.81. The number of amides is 1. The normalized spacial score (nSPS) is 12.2. The van der Waals surface area contributed by atoms with E-state index in [9.17, 15) is 4.79 Å². The Morgan fingerprint density at radius 1 is 1.44 bits per heavy atom. The number of aryl methyl sites for hydroxylation is 1. The van der Waals surface area contributed by atoms with Crippen molar-refractivity contribution in [3.63, 3.8) is 0 Å². The van der Waals surface area contributed by atoms with Crippen LogP contribution < -0.4 is 11.1 Å². The Morgan fingerprint density at radius 2 is 2.22 bits per heavy atom. The Balaban J connectivity index is 2.45. The van der Waals surface area contributed by atoms with Crippen LogP contribution in [-0.4, -0.2) is 18.5 Å². The minimum atomic E-state index is 0.0622. The lowest BCUT2D eigenvalue weighted by atomic mass is 10.1. The van der Waals surface area contributed by atoms with Crippen LogP contribution in [0.15, 0.2) is 24.3 Å². The summed E-state index contributed by atoms with van der Waals surface area (Å²) in [6, 6.07) is 8.15. The fourth-order valence-electron chi connectivity index (χ4n) is 1.99. The molecule has 3 N–H and O–H groups in total. The molecular formula is C15H24N2O. The molecule has 0 aromatic heterocycles. The van der Waals surface area contributed by atoms with Crippen LogP contribution in [0.3, 0.4) is 0 Å². The molecule has 3 nitrogen and oxygen atoms in total. The topological polar surface area (TPSA) is 55.1 Å². The molecule has 0 heterocycles. The van der Waals surface area contributed by atoms with Crippen LogP contribution in [0.25, 0.3) is 0 Å². The van der Waals surface area contributed by atoms with Gasteiger partial charge in [-0.1, -0.05) is 49.6 Å². The Morgan fingerprint density at radius 3 is 2.83 bits per heavy atom. The summed E-state index contributed by atoms with van der Waals surface area (Å²) in [4.78, 5) is 11.9. The summed E-state index contributed by atoms with van der Waals surface area (Å²) in [5, 5.41) is 3.01. The number of hydrogen-bond donors (Lipinski definition) is 2. The van der Waals surface area contributed by atoms with Gasteiger partial charge in [0.05, 0.1) is 6.42 Å². The third kappa shape index (κ3) is 5.32. The molecule has 1 rings (SSSR count). The molecule has 3 heteroatoms. The van der Waals surface area contributed by atoms with Crippen LogP contribution in [0.4, 0.5) is 0 Å². The fourth-order valence-corrected chi connectivity index (χ4v) is 1.99. The summed E-state index contributed by atoms with van der Waals surface area (Å²) in [5.74, 6) is 0.0622. The number of nitrogens with two attached hydrogens (primary N) is 1. The van der Waals surface area contributed by atoms with Crippen LogP contribution in [0, 0.1) is 6.92 Å². The maximum absolute atomic E-state index is 11.9. The Kier molecular flexibility index (Phi) is 6.44. The molecule has 0 aliphatic rings. The highest BCUT2D eigenvalue weighted by molar-refractivity contribution is 5.78. The first-order valence-electron chi connectivity index (χ1n) is 6.70. The standard InChI is InChI=1S/C15H24N2O/c1-3-4-8-14(11-16)17-15(18)10-13-7-5-6-12(2)9-13/h5-7,9,14H,3-4,8,10-11,16H2,1-2H3,(H,17,18). The first-order chi connectivity index (χ1) is 8.65. The predicted molar refractivity (Wildman–Crippen MR) is 75.4 cm³/mol. The average Bonchev–Trinajstić information content (AvgIpc) is 2.34. The van der Waals surface area contributed by atoms with E-state index in [2.05, 4.69) is 12.2 Å². The predicted octanol–water partition coefficient (Wildman–Crippen LogP) is 2.17. The quantitative estimate of drug-likeness (QED) is 0.777. The monoisotopic (exact) mass is 248 g/mol. The molecule has 1 amide bonds. The van der Waals surface area contributed by atoms with Gasteiger partial charge >= 0.3 is 0 Å². The third-order valence-electron chi connectivity index (χ3n) is 3.00. The Bertz CT molecular complexity index is 377. The second-order valence-electron chi connectivity index (χ2n) is 4.81. The van der Waals surface area contributed by atoms with E-state index in [0.717, 1.165) is 24.8 Å². The average molecular weight is 248 g/mol. The zero-order valence-electron chi connectivity index (χ0n) is 11.4. The van der Waals surface area contributed by atoms with Crippen molar-refractivity contribution in [2.45, 2.75) is 45.6 Å². The van der Waals surface area contributed by atoms with Gasteiger partial charge in [-0.25, -0.2) is 0 Å². The van der Waals surface area contributed by atoms with Gasteiger partial charge in [0.1, 0.15) is 0 Å². The van der Waals surface area contributed by atoms with E-state index < -0.39 is 0 Å². The summed E-state index contributed by atoms with van der Waals surface area (Å²) in [7, 11) is 0. The van der Waals surface area contributed by atoms with Gasteiger partial charge in [0, 0.05) is 12.6 Å². The summed E-state index contributed by atoms with van der Waals surface area (Å²) in [6.45, 7) is 4.69. The Hall–Kier alpha value is -1.35. The van der Waals surface area contributed by atoms with Crippen molar-refractivity contribution in [2.24, 2.45) is 5.73 Å². The number of carbonyl (C=O) groups excluding carboxylic acids is 1. The SMILES string of the molecule is CCCCC(CN)NC(=O)Cc1cccc(C)c1. The number of carbonyl (C=O) groups is 1. The molecule has 100 valence electrons. The zero-order valence-corrected chi connectivity index (χ0v) is 11.4. The number of benzene rings is 1. The van der Waals surface area contributed by atoms with E-state index in [-0.39, 0.29) is 11.9 Å². The second kappa shape index (κ2) is 7.88. The van der Waals surface area contributed by atoms with Crippen LogP contribution in [-0.2, 0) is 11.2 Å². The lowest BCUT2D eigenvalue weighted by Gasteiger charge is -2.16. The van der Waals surface area contributed by atoms with E-state index >= 15 is 0 Å². The van der Waals surface area contributed by atoms with Gasteiger partial charge < -0.3 is 11.1 Å². The van der Waals surface area contributed by atoms with E-state index in [4.69, 9.17) is 5.73 Å².